The molecule has 0 saturated carbocycles. The molecule has 1 fully saturated rings. The number of alkyl halides is 6. The van der Waals surface area contributed by atoms with Crippen molar-refractivity contribution in [3.8, 4) is 0 Å². The van der Waals surface area contributed by atoms with Crippen LogP contribution in [0.4, 0.5) is 31.1 Å². The molecule has 0 spiro atoms. The fraction of sp³-hybridized carbons (Fsp3) is 0.594. The molecule has 3 rings (SSSR count). The van der Waals surface area contributed by atoms with Gasteiger partial charge in [-0.25, -0.2) is 4.79 Å². The Hall–Kier alpha value is -2.57. The molecule has 4 atom stereocenters. The second kappa shape index (κ2) is 12.7. The monoisotopic (exact) mass is 647 g/mol. The van der Waals surface area contributed by atoms with Crippen LogP contribution in [0.15, 0.2) is 48.5 Å². The van der Waals surface area contributed by atoms with Crippen LogP contribution in [0.1, 0.15) is 82.7 Å². The third-order valence-corrected chi connectivity index (χ3v) is 12.8. The largest absolute Gasteiger partial charge is 0.444 e. The molecule has 0 aromatic heterocycles. The molecule has 1 aliphatic heterocycles. The molecule has 44 heavy (non-hydrogen) atoms. The van der Waals surface area contributed by atoms with E-state index in [0.29, 0.717) is 12.1 Å². The first-order valence-corrected chi connectivity index (χ1v) is 17.4. The summed E-state index contributed by atoms with van der Waals surface area (Å²) in [5.41, 5.74) is -3.13. The number of carbonyl (C=O) groups is 1. The maximum atomic E-state index is 13.6. The number of nitrogens with zero attached hydrogens (tertiary/aromatic N) is 1. The van der Waals surface area contributed by atoms with Crippen LogP contribution < -0.4 is 0 Å². The standard InChI is InChI=1S/C32H43F6NO4Si/c1-20(22-15-23(31(33,34)35)17-24(16-22)32(36,37)38)42-26-18-39(28(40)43-29(2,3)4)25(19-41-44(8,9)30(5,6)7)27(26)21-13-11-10-12-14-21/h10-17,20,25-27H,18-19H2,1-9H3. The molecule has 0 radical (unpaired) electrons. The lowest BCUT2D eigenvalue weighted by molar-refractivity contribution is -0.143. The third kappa shape index (κ3) is 8.78. The van der Waals surface area contributed by atoms with Crippen LogP contribution in [-0.4, -0.2) is 50.2 Å². The van der Waals surface area contributed by atoms with Gasteiger partial charge in [-0.15, -0.1) is 0 Å². The van der Waals surface area contributed by atoms with Crippen LogP contribution in [-0.2, 0) is 26.3 Å². The van der Waals surface area contributed by atoms with Gasteiger partial charge in [0, 0.05) is 5.92 Å². The summed E-state index contributed by atoms with van der Waals surface area (Å²) in [6, 6.07) is 10.0. The number of likely N-dealkylation sites (tertiary alicyclic amines) is 1. The highest BCUT2D eigenvalue weighted by molar-refractivity contribution is 6.74. The molecule has 2 aromatic rings. The Morgan fingerprint density at radius 3 is 1.89 bits per heavy atom. The van der Waals surface area contributed by atoms with E-state index in [1.807, 2.05) is 30.3 Å². The summed E-state index contributed by atoms with van der Waals surface area (Å²) in [6.07, 6.45) is -12.6. The summed E-state index contributed by atoms with van der Waals surface area (Å²) < 4.78 is 100. The average molecular weight is 648 g/mol. The Morgan fingerprint density at radius 2 is 1.43 bits per heavy atom. The number of hydrogen-bond donors (Lipinski definition) is 0. The maximum Gasteiger partial charge on any atom is 0.416 e. The van der Waals surface area contributed by atoms with Gasteiger partial charge in [0.25, 0.3) is 0 Å². The summed E-state index contributed by atoms with van der Waals surface area (Å²) in [7, 11) is -2.30. The number of halogens is 6. The minimum Gasteiger partial charge on any atom is -0.444 e. The first kappa shape index (κ1) is 35.9. The predicted octanol–water partition coefficient (Wildman–Crippen LogP) is 9.60. The van der Waals surface area contributed by atoms with Gasteiger partial charge < -0.3 is 13.9 Å². The molecule has 1 heterocycles. The number of carbonyl (C=O) groups excluding carboxylic acids is 1. The van der Waals surface area contributed by atoms with E-state index in [4.69, 9.17) is 13.9 Å². The Labute approximate surface area is 257 Å². The molecular weight excluding hydrogens is 604 g/mol. The number of benzene rings is 2. The molecule has 1 amide bonds. The Balaban J connectivity index is 2.07. The van der Waals surface area contributed by atoms with Gasteiger partial charge in [-0.1, -0.05) is 51.1 Å². The lowest BCUT2D eigenvalue weighted by atomic mass is 9.90. The van der Waals surface area contributed by atoms with Gasteiger partial charge in [0.15, 0.2) is 8.32 Å². The van der Waals surface area contributed by atoms with E-state index < -0.39 is 67.7 Å². The normalized spacial score (nSPS) is 21.0. The molecule has 1 aliphatic rings. The van der Waals surface area contributed by atoms with Gasteiger partial charge in [0.1, 0.15) is 5.60 Å². The van der Waals surface area contributed by atoms with Gasteiger partial charge in [-0.3, -0.25) is 4.90 Å². The highest BCUT2D eigenvalue weighted by Gasteiger charge is 2.49. The number of rotatable bonds is 7. The molecule has 0 N–H and O–H groups in total. The SMILES string of the molecule is CC(OC1CN(C(=O)OC(C)(C)C)C(CO[Si](C)(C)C(C)(C)C)C1c1ccccc1)c1cc(C(F)(F)F)cc(C(F)(F)F)c1. The molecule has 0 aliphatic carbocycles. The Kier molecular flexibility index (Phi) is 10.3. The minimum atomic E-state index is -4.99. The van der Waals surface area contributed by atoms with E-state index in [-0.39, 0.29) is 29.8 Å². The minimum absolute atomic E-state index is 0.00453. The van der Waals surface area contributed by atoms with Crippen LogP contribution in [0.2, 0.25) is 18.1 Å². The number of ether oxygens (including phenoxy) is 2. The lowest BCUT2D eigenvalue weighted by Gasteiger charge is -2.39. The lowest BCUT2D eigenvalue weighted by Crippen LogP contribution is -2.48. The zero-order valence-corrected chi connectivity index (χ0v) is 27.7. The first-order chi connectivity index (χ1) is 19.9. The molecule has 12 heteroatoms. The van der Waals surface area contributed by atoms with E-state index in [1.165, 1.54) is 11.8 Å². The van der Waals surface area contributed by atoms with Crippen molar-refractivity contribution in [3.05, 3.63) is 70.8 Å². The third-order valence-electron chi connectivity index (χ3n) is 8.28. The second-order valence-corrected chi connectivity index (χ2v) is 18.7. The van der Waals surface area contributed by atoms with Gasteiger partial charge in [0.05, 0.1) is 42.5 Å². The zero-order valence-electron chi connectivity index (χ0n) is 26.7. The molecule has 0 bridgehead atoms. The van der Waals surface area contributed by atoms with Crippen LogP contribution >= 0.6 is 0 Å². The van der Waals surface area contributed by atoms with Crippen molar-refractivity contribution < 1.29 is 45.0 Å². The van der Waals surface area contributed by atoms with Gasteiger partial charge in [-0.05, 0) is 75.2 Å². The molecule has 1 saturated heterocycles. The van der Waals surface area contributed by atoms with E-state index in [2.05, 4.69) is 33.9 Å². The molecule has 246 valence electrons. The fourth-order valence-electron chi connectivity index (χ4n) is 4.91. The van der Waals surface area contributed by atoms with Crippen LogP contribution in [0, 0.1) is 0 Å². The first-order valence-electron chi connectivity index (χ1n) is 14.5. The van der Waals surface area contributed by atoms with Crippen molar-refractivity contribution in [1.29, 1.82) is 0 Å². The van der Waals surface area contributed by atoms with E-state index in [9.17, 15) is 31.1 Å². The second-order valence-electron chi connectivity index (χ2n) is 13.9. The van der Waals surface area contributed by atoms with Crippen molar-refractivity contribution in [3.63, 3.8) is 0 Å². The van der Waals surface area contributed by atoms with Crippen molar-refractivity contribution in [2.45, 2.75) is 109 Å². The topological polar surface area (TPSA) is 48.0 Å². The van der Waals surface area contributed by atoms with Crippen LogP contribution in [0.5, 0.6) is 0 Å². The van der Waals surface area contributed by atoms with Gasteiger partial charge >= 0.3 is 18.4 Å². The molecule has 5 nitrogen and oxygen atoms in total. The fourth-order valence-corrected chi connectivity index (χ4v) is 5.93. The van der Waals surface area contributed by atoms with Crippen molar-refractivity contribution >= 4 is 14.4 Å². The van der Waals surface area contributed by atoms with Crippen molar-refractivity contribution in [2.75, 3.05) is 13.2 Å². The van der Waals surface area contributed by atoms with Crippen LogP contribution in [0.3, 0.4) is 0 Å². The highest BCUT2D eigenvalue weighted by Crippen LogP contribution is 2.43. The van der Waals surface area contributed by atoms with E-state index in [0.717, 1.165) is 5.56 Å². The highest BCUT2D eigenvalue weighted by atomic mass is 28.4. The molecule has 4 unspecified atom stereocenters. The average Bonchev–Trinajstić information content (AvgIpc) is 3.23. The summed E-state index contributed by atoms with van der Waals surface area (Å²) >= 11 is 0. The smallest absolute Gasteiger partial charge is 0.416 e. The molecule has 2 aromatic carbocycles. The van der Waals surface area contributed by atoms with E-state index in [1.54, 1.807) is 20.8 Å². The Bertz CT molecular complexity index is 1250. The van der Waals surface area contributed by atoms with E-state index >= 15 is 0 Å². The van der Waals surface area contributed by atoms with Crippen LogP contribution in [0.25, 0.3) is 0 Å². The summed E-state index contributed by atoms with van der Waals surface area (Å²) in [4.78, 5) is 15.0. The predicted molar refractivity (Wildman–Crippen MR) is 159 cm³/mol. The van der Waals surface area contributed by atoms with Gasteiger partial charge in [0.2, 0.25) is 0 Å². The maximum absolute atomic E-state index is 13.6. The summed E-state index contributed by atoms with van der Waals surface area (Å²) in [6.45, 7) is 17.2. The quantitative estimate of drug-likeness (QED) is 0.222. The Morgan fingerprint density at radius 1 is 0.909 bits per heavy atom. The summed E-state index contributed by atoms with van der Waals surface area (Å²) in [5, 5.41) is -0.130. The summed E-state index contributed by atoms with van der Waals surface area (Å²) in [5.74, 6) is -0.510. The van der Waals surface area contributed by atoms with Crippen molar-refractivity contribution in [2.24, 2.45) is 0 Å². The number of hydrogen-bond acceptors (Lipinski definition) is 4. The van der Waals surface area contributed by atoms with Gasteiger partial charge in [-0.2, -0.15) is 26.3 Å². The number of amides is 1. The molecular formula is C32H43F6NO4Si. The zero-order chi connectivity index (χ0) is 33.5. The van der Waals surface area contributed by atoms with Crippen molar-refractivity contribution in [1.82, 2.24) is 4.90 Å².